The first-order valence-electron chi connectivity index (χ1n) is 12.6. The summed E-state index contributed by atoms with van der Waals surface area (Å²) >= 11 is 3.55. The van der Waals surface area contributed by atoms with Crippen molar-refractivity contribution < 1.29 is 19.0 Å². The third kappa shape index (κ3) is 5.39. The molecule has 0 bridgehead atoms. The van der Waals surface area contributed by atoms with Crippen LogP contribution in [0.4, 0.5) is 5.69 Å². The Morgan fingerprint density at radius 2 is 2.06 bits per heavy atom. The number of aryl methyl sites for hydroxylation is 1. The smallest absolute Gasteiger partial charge is 0.341 e. The van der Waals surface area contributed by atoms with Crippen molar-refractivity contribution in [2.24, 2.45) is 10.9 Å². The van der Waals surface area contributed by atoms with E-state index in [1.54, 1.807) is 0 Å². The van der Waals surface area contributed by atoms with Gasteiger partial charge < -0.3 is 14.2 Å². The summed E-state index contributed by atoms with van der Waals surface area (Å²) < 4.78 is 19.0. The van der Waals surface area contributed by atoms with Gasteiger partial charge in [0.25, 0.3) is 0 Å². The molecule has 4 unspecified atom stereocenters. The number of carbonyl (C=O) groups is 1. The molecule has 3 aliphatic rings. The Kier molecular flexibility index (Phi) is 7.40. The van der Waals surface area contributed by atoms with Crippen molar-refractivity contribution in [3.63, 3.8) is 0 Å². The van der Waals surface area contributed by atoms with E-state index in [-0.39, 0.29) is 24.1 Å². The quantitative estimate of drug-likeness (QED) is 0.295. The van der Waals surface area contributed by atoms with Crippen molar-refractivity contribution in [1.82, 2.24) is 0 Å². The zero-order valence-corrected chi connectivity index (χ0v) is 21.9. The van der Waals surface area contributed by atoms with Crippen LogP contribution in [0.1, 0.15) is 66.9 Å². The van der Waals surface area contributed by atoms with Gasteiger partial charge >= 0.3 is 5.97 Å². The molecule has 0 N–H and O–H groups in total. The molecule has 0 fully saturated rings. The molecule has 0 radical (unpaired) electrons. The molecule has 0 spiro atoms. The first-order valence-corrected chi connectivity index (χ1v) is 13.4. The average molecular weight is 538 g/mol. The maximum absolute atomic E-state index is 12.7. The lowest BCUT2D eigenvalue weighted by Gasteiger charge is -2.38. The zero-order chi connectivity index (χ0) is 24.4. The number of hydrogen-bond donors (Lipinski definition) is 0. The highest BCUT2D eigenvalue weighted by Gasteiger charge is 2.36. The standard InChI is InChI=1S/C29H32BrNO4/c1-3-33-29(32)25-16-21(30)15-24-18(2)13-27(35-28(24)25)20-8-6-9-23(14-20)34-17-22-12-11-19-7-4-5-10-26(19)31-22/h4-7,9-10,15-16,18,20,23,27H,3,8,11-14,17H2,1-2H3. The second kappa shape index (κ2) is 10.7. The normalized spacial score (nSPS) is 25.2. The van der Waals surface area contributed by atoms with Crippen LogP contribution in [0.5, 0.6) is 5.75 Å². The third-order valence-electron chi connectivity index (χ3n) is 7.23. The number of carbonyl (C=O) groups excluding carboxylic acids is 1. The van der Waals surface area contributed by atoms with Crippen molar-refractivity contribution >= 4 is 33.3 Å². The van der Waals surface area contributed by atoms with E-state index >= 15 is 0 Å². The molecule has 0 amide bonds. The van der Waals surface area contributed by atoms with Gasteiger partial charge in [0.2, 0.25) is 0 Å². The Hall–Kier alpha value is -2.44. The van der Waals surface area contributed by atoms with Gasteiger partial charge in [-0.3, -0.25) is 4.99 Å². The molecular weight excluding hydrogens is 506 g/mol. The first kappa shape index (κ1) is 24.3. The Labute approximate surface area is 215 Å². The predicted molar refractivity (Wildman–Crippen MR) is 141 cm³/mol. The number of esters is 1. The lowest BCUT2D eigenvalue weighted by Crippen LogP contribution is -2.36. The second-order valence-electron chi connectivity index (χ2n) is 9.70. The van der Waals surface area contributed by atoms with Crippen molar-refractivity contribution in [2.45, 2.75) is 64.1 Å². The summed E-state index contributed by atoms with van der Waals surface area (Å²) in [5, 5.41) is 0. The van der Waals surface area contributed by atoms with Crippen molar-refractivity contribution in [2.75, 3.05) is 13.2 Å². The van der Waals surface area contributed by atoms with Crippen LogP contribution >= 0.6 is 15.9 Å². The monoisotopic (exact) mass is 537 g/mol. The fourth-order valence-electron chi connectivity index (χ4n) is 5.39. The Morgan fingerprint density at radius 3 is 2.91 bits per heavy atom. The molecule has 2 aromatic rings. The fraction of sp³-hybridized carbons (Fsp3) is 0.448. The number of rotatable bonds is 6. The van der Waals surface area contributed by atoms with Gasteiger partial charge in [-0.15, -0.1) is 0 Å². The van der Waals surface area contributed by atoms with E-state index in [0.717, 1.165) is 53.5 Å². The number of halogens is 1. The summed E-state index contributed by atoms with van der Waals surface area (Å²) in [5.74, 6) is 0.958. The number of fused-ring (bicyclic) bond motifs is 2. The van der Waals surface area contributed by atoms with Gasteiger partial charge in [-0.25, -0.2) is 4.79 Å². The van der Waals surface area contributed by atoms with Gasteiger partial charge in [-0.2, -0.15) is 0 Å². The molecule has 0 aromatic heterocycles. The van der Waals surface area contributed by atoms with E-state index in [0.29, 0.717) is 30.4 Å². The molecule has 184 valence electrons. The minimum atomic E-state index is -0.336. The zero-order valence-electron chi connectivity index (χ0n) is 20.3. The summed E-state index contributed by atoms with van der Waals surface area (Å²) in [6.07, 6.45) is 9.20. The van der Waals surface area contributed by atoms with Gasteiger partial charge in [0, 0.05) is 16.1 Å². The molecule has 35 heavy (non-hydrogen) atoms. The Bertz CT molecular complexity index is 1160. The van der Waals surface area contributed by atoms with Crippen LogP contribution in [0.3, 0.4) is 0 Å². The van der Waals surface area contributed by atoms with E-state index in [1.807, 2.05) is 19.1 Å². The van der Waals surface area contributed by atoms with Crippen LogP contribution in [-0.4, -0.2) is 37.1 Å². The van der Waals surface area contributed by atoms with Crippen molar-refractivity contribution in [1.29, 1.82) is 0 Å². The van der Waals surface area contributed by atoms with E-state index in [2.05, 4.69) is 59.3 Å². The number of benzene rings is 2. The highest BCUT2D eigenvalue weighted by atomic mass is 79.9. The van der Waals surface area contributed by atoms with E-state index in [4.69, 9.17) is 19.2 Å². The molecule has 4 atom stereocenters. The molecule has 5 nitrogen and oxygen atoms in total. The van der Waals surface area contributed by atoms with Crippen molar-refractivity contribution in [3.05, 3.63) is 69.7 Å². The van der Waals surface area contributed by atoms with Crippen LogP contribution in [0.25, 0.3) is 0 Å². The summed E-state index contributed by atoms with van der Waals surface area (Å²) in [4.78, 5) is 17.5. The molecular formula is C29H32BrNO4. The minimum Gasteiger partial charge on any atom is -0.489 e. The van der Waals surface area contributed by atoms with E-state index in [1.165, 1.54) is 5.56 Å². The van der Waals surface area contributed by atoms with Gasteiger partial charge in [0.15, 0.2) is 0 Å². The molecule has 0 saturated carbocycles. The number of para-hydroxylation sites is 1. The number of allylic oxidation sites excluding steroid dienone is 1. The molecule has 5 rings (SSSR count). The largest absolute Gasteiger partial charge is 0.489 e. The molecule has 2 aromatic carbocycles. The average Bonchev–Trinajstić information content (AvgIpc) is 2.87. The van der Waals surface area contributed by atoms with Gasteiger partial charge in [0.1, 0.15) is 17.4 Å². The maximum atomic E-state index is 12.7. The highest BCUT2D eigenvalue weighted by molar-refractivity contribution is 9.10. The van der Waals surface area contributed by atoms with Crippen LogP contribution in [-0.2, 0) is 15.9 Å². The minimum absolute atomic E-state index is 0.0294. The van der Waals surface area contributed by atoms with Crippen LogP contribution in [0, 0.1) is 5.92 Å². The molecule has 2 heterocycles. The lowest BCUT2D eigenvalue weighted by atomic mass is 9.80. The van der Waals surface area contributed by atoms with Gasteiger partial charge in [-0.1, -0.05) is 53.2 Å². The van der Waals surface area contributed by atoms with Crippen molar-refractivity contribution in [3.8, 4) is 5.75 Å². The lowest BCUT2D eigenvalue weighted by molar-refractivity contribution is 0.0378. The van der Waals surface area contributed by atoms with E-state index in [9.17, 15) is 4.79 Å². The Morgan fingerprint density at radius 1 is 1.20 bits per heavy atom. The van der Waals surface area contributed by atoms with Gasteiger partial charge in [-0.05, 0) is 74.3 Å². The topological polar surface area (TPSA) is 57.1 Å². The van der Waals surface area contributed by atoms with Crippen LogP contribution < -0.4 is 4.74 Å². The molecule has 6 heteroatoms. The molecule has 2 aliphatic heterocycles. The summed E-state index contributed by atoms with van der Waals surface area (Å²) in [5.41, 5.74) is 5.06. The number of nitrogens with zero attached hydrogens (tertiary/aromatic N) is 1. The second-order valence-corrected chi connectivity index (χ2v) is 10.6. The fourth-order valence-corrected chi connectivity index (χ4v) is 5.86. The third-order valence-corrected chi connectivity index (χ3v) is 7.69. The van der Waals surface area contributed by atoms with Crippen LogP contribution in [0.2, 0.25) is 0 Å². The van der Waals surface area contributed by atoms with Crippen LogP contribution in [0.15, 0.2) is 58.0 Å². The number of ether oxygens (including phenoxy) is 3. The number of hydrogen-bond acceptors (Lipinski definition) is 5. The predicted octanol–water partition coefficient (Wildman–Crippen LogP) is 6.95. The Balaban J connectivity index is 1.26. The molecule has 0 saturated heterocycles. The molecule has 1 aliphatic carbocycles. The SMILES string of the molecule is CCOC(=O)c1cc(Br)cc2c1OC(C1CC=CC(OCC3=Nc4ccccc4CC3)C1)CC2C. The first-order chi connectivity index (χ1) is 17.0. The summed E-state index contributed by atoms with van der Waals surface area (Å²) in [6, 6.07) is 12.2. The van der Waals surface area contributed by atoms with E-state index < -0.39 is 0 Å². The maximum Gasteiger partial charge on any atom is 0.341 e. The summed E-state index contributed by atoms with van der Waals surface area (Å²) in [6.45, 7) is 4.92. The number of aliphatic imine (C=N–C) groups is 1. The van der Waals surface area contributed by atoms with Gasteiger partial charge in [0.05, 0.1) is 25.0 Å². The highest BCUT2D eigenvalue weighted by Crippen LogP contribution is 2.44. The summed E-state index contributed by atoms with van der Waals surface area (Å²) in [7, 11) is 0.